The Morgan fingerprint density at radius 1 is 1.40 bits per heavy atom. The average Bonchev–Trinajstić information content (AvgIpc) is 3.14. The van der Waals surface area contributed by atoms with Gasteiger partial charge in [0.15, 0.2) is 5.13 Å². The lowest BCUT2D eigenvalue weighted by Gasteiger charge is -2.15. The third-order valence-corrected chi connectivity index (χ3v) is 5.02. The highest BCUT2D eigenvalue weighted by atomic mass is 32.1. The third kappa shape index (κ3) is 5.24. The van der Waals surface area contributed by atoms with Crippen LogP contribution in [0.25, 0.3) is 0 Å². The second kappa shape index (κ2) is 7.93. The van der Waals surface area contributed by atoms with E-state index in [1.54, 1.807) is 0 Å². The van der Waals surface area contributed by atoms with Crippen LogP contribution in [0, 0.1) is 19.8 Å². The van der Waals surface area contributed by atoms with E-state index in [4.69, 9.17) is 4.74 Å². The number of hydrogen-bond acceptors (Lipinski definition) is 6. The van der Waals surface area contributed by atoms with E-state index in [1.807, 2.05) is 32.2 Å². The molecule has 0 aliphatic carbocycles. The summed E-state index contributed by atoms with van der Waals surface area (Å²) in [7, 11) is 0. The normalized spacial score (nSPS) is 17.6. The molecule has 3 heterocycles. The maximum absolute atomic E-state index is 11.1. The Balaban J connectivity index is 1.47. The zero-order valence-electron chi connectivity index (χ0n) is 14.9. The minimum atomic E-state index is -0.0825. The maximum Gasteiger partial charge on any atom is 0.223 e. The topological polar surface area (TPSA) is 67.4 Å². The number of thiazole rings is 1. The number of aromatic nitrogens is 2. The second-order valence-corrected chi connectivity index (χ2v) is 7.71. The number of carbonyl (C=O) groups is 1. The van der Waals surface area contributed by atoms with Gasteiger partial charge in [-0.25, -0.2) is 4.98 Å². The van der Waals surface area contributed by atoms with Crippen LogP contribution in [0.3, 0.4) is 0 Å². The van der Waals surface area contributed by atoms with Gasteiger partial charge in [0.25, 0.3) is 0 Å². The highest BCUT2D eigenvalue weighted by molar-refractivity contribution is 7.15. The van der Waals surface area contributed by atoms with Gasteiger partial charge in [0.2, 0.25) is 5.91 Å². The zero-order chi connectivity index (χ0) is 17.8. The van der Waals surface area contributed by atoms with Gasteiger partial charge < -0.3 is 10.1 Å². The first-order chi connectivity index (χ1) is 12.0. The summed E-state index contributed by atoms with van der Waals surface area (Å²) in [4.78, 5) is 23.3. The molecule has 1 fully saturated rings. The molecule has 2 aromatic rings. The number of likely N-dealkylation sites (tertiary alicyclic amines) is 1. The summed E-state index contributed by atoms with van der Waals surface area (Å²) in [5.74, 6) is 1.36. The molecule has 1 N–H and O–H groups in total. The molecule has 0 bridgehead atoms. The van der Waals surface area contributed by atoms with Crippen LogP contribution in [0.5, 0.6) is 5.75 Å². The van der Waals surface area contributed by atoms with Crippen molar-refractivity contribution in [2.45, 2.75) is 33.7 Å². The molecule has 1 saturated heterocycles. The highest BCUT2D eigenvalue weighted by Crippen LogP contribution is 2.24. The fourth-order valence-electron chi connectivity index (χ4n) is 3.10. The quantitative estimate of drug-likeness (QED) is 0.858. The molecule has 7 heteroatoms. The van der Waals surface area contributed by atoms with Crippen molar-refractivity contribution >= 4 is 22.4 Å². The van der Waals surface area contributed by atoms with Gasteiger partial charge in [0.1, 0.15) is 5.75 Å². The molecule has 1 unspecified atom stereocenters. The number of hydrogen-bond donors (Lipinski definition) is 1. The van der Waals surface area contributed by atoms with Gasteiger partial charge in [-0.1, -0.05) is 0 Å². The molecule has 6 nitrogen and oxygen atoms in total. The number of pyridine rings is 1. The molecule has 0 aromatic carbocycles. The van der Waals surface area contributed by atoms with Gasteiger partial charge in [-0.2, -0.15) is 0 Å². The van der Waals surface area contributed by atoms with Crippen molar-refractivity contribution in [2.24, 2.45) is 5.92 Å². The first kappa shape index (κ1) is 17.8. The van der Waals surface area contributed by atoms with Crippen molar-refractivity contribution < 1.29 is 9.53 Å². The Bertz CT molecular complexity index is 726. The molecule has 25 heavy (non-hydrogen) atoms. The molecule has 2 aromatic heterocycles. The minimum Gasteiger partial charge on any atom is -0.493 e. The fraction of sp³-hybridized carbons (Fsp3) is 0.500. The van der Waals surface area contributed by atoms with E-state index in [0.717, 1.165) is 49.8 Å². The van der Waals surface area contributed by atoms with Gasteiger partial charge >= 0.3 is 0 Å². The van der Waals surface area contributed by atoms with E-state index in [-0.39, 0.29) is 5.91 Å². The summed E-state index contributed by atoms with van der Waals surface area (Å²) in [5, 5.41) is 3.40. The smallest absolute Gasteiger partial charge is 0.223 e. The Morgan fingerprint density at radius 3 is 2.88 bits per heavy atom. The average molecular weight is 360 g/mol. The van der Waals surface area contributed by atoms with Crippen LogP contribution >= 0.6 is 11.3 Å². The molecule has 0 saturated carbocycles. The van der Waals surface area contributed by atoms with Crippen molar-refractivity contribution in [1.82, 2.24) is 14.9 Å². The lowest BCUT2D eigenvalue weighted by molar-refractivity contribution is -0.114. The predicted molar refractivity (Wildman–Crippen MR) is 99.0 cm³/mol. The molecule has 134 valence electrons. The predicted octanol–water partition coefficient (Wildman–Crippen LogP) is 3.01. The fourth-order valence-corrected chi connectivity index (χ4v) is 4.00. The van der Waals surface area contributed by atoms with E-state index in [9.17, 15) is 4.79 Å². The van der Waals surface area contributed by atoms with Crippen molar-refractivity contribution in [3.05, 3.63) is 34.6 Å². The highest BCUT2D eigenvalue weighted by Gasteiger charge is 2.23. The summed E-state index contributed by atoms with van der Waals surface area (Å²) in [6, 6.07) is 3.97. The molecular weight excluding hydrogens is 336 g/mol. The number of ether oxygens (including phenoxy) is 1. The Morgan fingerprint density at radius 2 is 2.16 bits per heavy atom. The molecule has 1 atom stereocenters. The van der Waals surface area contributed by atoms with Crippen LogP contribution in [-0.2, 0) is 11.3 Å². The summed E-state index contributed by atoms with van der Waals surface area (Å²) in [6.07, 6.45) is 2.99. The molecule has 3 rings (SSSR count). The van der Waals surface area contributed by atoms with E-state index >= 15 is 0 Å². The van der Waals surface area contributed by atoms with Crippen molar-refractivity contribution in [1.29, 1.82) is 0 Å². The van der Waals surface area contributed by atoms with Gasteiger partial charge in [-0.15, -0.1) is 11.3 Å². The van der Waals surface area contributed by atoms with Crippen molar-refractivity contribution in [2.75, 3.05) is 25.0 Å². The minimum absolute atomic E-state index is 0.0825. The number of rotatable bonds is 6. The maximum atomic E-state index is 11.1. The van der Waals surface area contributed by atoms with Gasteiger partial charge in [0.05, 0.1) is 6.61 Å². The Kier molecular flexibility index (Phi) is 5.65. The van der Waals surface area contributed by atoms with E-state index in [1.165, 1.54) is 23.1 Å². The van der Waals surface area contributed by atoms with Crippen LogP contribution < -0.4 is 10.1 Å². The number of anilines is 1. The molecule has 0 radical (unpaired) electrons. The Labute approximate surface area is 152 Å². The lowest BCUT2D eigenvalue weighted by atomic mass is 10.1. The molecule has 0 spiro atoms. The van der Waals surface area contributed by atoms with Crippen LogP contribution in [0.2, 0.25) is 0 Å². The van der Waals surface area contributed by atoms with Crippen LogP contribution in [-0.4, -0.2) is 40.5 Å². The molecule has 1 aliphatic rings. The van der Waals surface area contributed by atoms with E-state index in [0.29, 0.717) is 11.0 Å². The lowest BCUT2D eigenvalue weighted by Crippen LogP contribution is -2.21. The largest absolute Gasteiger partial charge is 0.493 e. The van der Waals surface area contributed by atoms with Gasteiger partial charge in [-0.05, 0) is 26.8 Å². The van der Waals surface area contributed by atoms with Gasteiger partial charge in [-0.3, -0.25) is 14.7 Å². The standard InChI is InChI=1S/C18H24N4O2S/c1-12-6-16(7-13(2)20-12)24-11-15-4-5-22(9-15)10-17-8-19-18(25-17)21-14(3)23/h6-8,15H,4-5,9-11H2,1-3H3,(H,19,21,23). The SMILES string of the molecule is CC(=O)Nc1ncc(CN2CCC(COc3cc(C)nc(C)c3)C2)s1. The Hall–Kier alpha value is -1.99. The number of amides is 1. The van der Waals surface area contributed by atoms with E-state index in [2.05, 4.69) is 20.2 Å². The van der Waals surface area contributed by atoms with Gasteiger partial charge in [0, 0.05) is 60.5 Å². The molecule has 1 aliphatic heterocycles. The number of nitrogens with one attached hydrogen (secondary N) is 1. The number of nitrogens with zero attached hydrogens (tertiary/aromatic N) is 3. The van der Waals surface area contributed by atoms with Crippen molar-refractivity contribution in [3.8, 4) is 5.75 Å². The summed E-state index contributed by atoms with van der Waals surface area (Å²) < 4.78 is 5.97. The van der Waals surface area contributed by atoms with Crippen molar-refractivity contribution in [3.63, 3.8) is 0 Å². The summed E-state index contributed by atoms with van der Waals surface area (Å²) in [6.45, 7) is 9.17. The summed E-state index contributed by atoms with van der Waals surface area (Å²) >= 11 is 1.54. The van der Waals surface area contributed by atoms with Crippen LogP contribution in [0.1, 0.15) is 29.6 Å². The number of aryl methyl sites for hydroxylation is 2. The molecule has 1 amide bonds. The number of carbonyl (C=O) groups excluding carboxylic acids is 1. The monoisotopic (exact) mass is 360 g/mol. The van der Waals surface area contributed by atoms with Crippen LogP contribution in [0.15, 0.2) is 18.3 Å². The van der Waals surface area contributed by atoms with E-state index < -0.39 is 0 Å². The second-order valence-electron chi connectivity index (χ2n) is 6.60. The molecular formula is C18H24N4O2S. The van der Waals surface area contributed by atoms with Crippen LogP contribution in [0.4, 0.5) is 5.13 Å². The summed E-state index contributed by atoms with van der Waals surface area (Å²) in [5.41, 5.74) is 1.98. The zero-order valence-corrected chi connectivity index (χ0v) is 15.7. The first-order valence-corrected chi connectivity index (χ1v) is 9.32. The first-order valence-electron chi connectivity index (χ1n) is 8.50. The third-order valence-electron chi connectivity index (χ3n) is 4.13.